The number of aliphatic hydroxyl groups excluding tert-OH is 1. The molecule has 0 atom stereocenters. The highest BCUT2D eigenvalue weighted by molar-refractivity contribution is 5.71. The number of carbonyl (C=O) groups is 2. The summed E-state index contributed by atoms with van der Waals surface area (Å²) in [5.74, 6) is -0.383. The zero-order chi connectivity index (χ0) is 11.0. The summed E-state index contributed by atoms with van der Waals surface area (Å²) >= 11 is 0. The molecule has 82 valence electrons. The molecule has 0 aliphatic rings. The molecule has 6 nitrogen and oxygen atoms in total. The molecule has 0 aliphatic heterocycles. The van der Waals surface area contributed by atoms with Crippen molar-refractivity contribution in [3.8, 4) is 0 Å². The molecular formula is C8H15NO5. The maximum Gasteiger partial charge on any atom is 0.409 e. The van der Waals surface area contributed by atoms with Gasteiger partial charge in [0.15, 0.2) is 0 Å². The van der Waals surface area contributed by atoms with E-state index in [1.165, 1.54) is 19.1 Å². The molecule has 0 spiro atoms. The topological polar surface area (TPSA) is 76.1 Å². The van der Waals surface area contributed by atoms with E-state index in [0.717, 1.165) is 0 Å². The fraction of sp³-hybridized carbons (Fsp3) is 0.750. The standard InChI is InChI=1S/C8H15NO5/c1-9(4-3-7(11)13-2)8(12)14-6-5-10/h10H,3-6H2,1-2H3. The molecule has 0 saturated heterocycles. The van der Waals surface area contributed by atoms with E-state index >= 15 is 0 Å². The van der Waals surface area contributed by atoms with Crippen LogP contribution in [-0.4, -0.2) is 56.0 Å². The Morgan fingerprint density at radius 1 is 1.43 bits per heavy atom. The van der Waals surface area contributed by atoms with E-state index in [1.807, 2.05) is 0 Å². The molecule has 0 aliphatic carbocycles. The first-order chi connectivity index (χ1) is 6.61. The van der Waals surface area contributed by atoms with Crippen LogP contribution in [0.3, 0.4) is 0 Å². The normalized spacial score (nSPS) is 9.36. The molecule has 14 heavy (non-hydrogen) atoms. The Balaban J connectivity index is 3.66. The minimum Gasteiger partial charge on any atom is -0.469 e. The minimum absolute atomic E-state index is 0.0403. The fourth-order valence-corrected chi connectivity index (χ4v) is 0.695. The van der Waals surface area contributed by atoms with Crippen LogP contribution in [0.2, 0.25) is 0 Å². The average Bonchev–Trinajstić information content (AvgIpc) is 2.21. The summed E-state index contributed by atoms with van der Waals surface area (Å²) in [7, 11) is 2.79. The SMILES string of the molecule is COC(=O)CCN(C)C(=O)OCCO. The lowest BCUT2D eigenvalue weighted by atomic mass is 10.4. The van der Waals surface area contributed by atoms with E-state index in [9.17, 15) is 9.59 Å². The van der Waals surface area contributed by atoms with Gasteiger partial charge in [-0.2, -0.15) is 0 Å². The number of carbonyl (C=O) groups excluding carboxylic acids is 2. The van der Waals surface area contributed by atoms with E-state index in [1.54, 1.807) is 0 Å². The molecule has 0 unspecified atom stereocenters. The van der Waals surface area contributed by atoms with E-state index in [0.29, 0.717) is 0 Å². The summed E-state index contributed by atoms with van der Waals surface area (Å²) in [4.78, 5) is 23.0. The average molecular weight is 205 g/mol. The van der Waals surface area contributed by atoms with Gasteiger partial charge in [0.25, 0.3) is 0 Å². The first kappa shape index (κ1) is 12.7. The Labute approximate surface area is 82.4 Å². The Morgan fingerprint density at radius 3 is 2.57 bits per heavy atom. The lowest BCUT2D eigenvalue weighted by molar-refractivity contribution is -0.140. The van der Waals surface area contributed by atoms with Crippen molar-refractivity contribution >= 4 is 12.1 Å². The number of amides is 1. The summed E-state index contributed by atoms with van der Waals surface area (Å²) in [6.07, 6.45) is -0.440. The van der Waals surface area contributed by atoms with Gasteiger partial charge in [-0.25, -0.2) is 4.79 Å². The lowest BCUT2D eigenvalue weighted by Gasteiger charge is -2.15. The fourth-order valence-electron chi connectivity index (χ4n) is 0.695. The van der Waals surface area contributed by atoms with Crippen molar-refractivity contribution in [2.24, 2.45) is 0 Å². The number of aliphatic hydroxyl groups is 1. The number of methoxy groups -OCH3 is 1. The number of hydrogen-bond acceptors (Lipinski definition) is 5. The van der Waals surface area contributed by atoms with Crippen LogP contribution in [0.4, 0.5) is 4.79 Å². The summed E-state index contributed by atoms with van der Waals surface area (Å²) in [6.45, 7) is -0.0189. The highest BCUT2D eigenvalue weighted by atomic mass is 16.6. The van der Waals surface area contributed by atoms with Crippen LogP contribution in [0.15, 0.2) is 0 Å². The van der Waals surface area contributed by atoms with E-state index in [2.05, 4.69) is 9.47 Å². The third kappa shape index (κ3) is 5.36. The van der Waals surface area contributed by atoms with Crippen molar-refractivity contribution in [1.29, 1.82) is 0 Å². The van der Waals surface area contributed by atoms with Gasteiger partial charge in [0.1, 0.15) is 6.61 Å². The van der Waals surface area contributed by atoms with Crippen molar-refractivity contribution in [3.05, 3.63) is 0 Å². The zero-order valence-electron chi connectivity index (χ0n) is 8.36. The summed E-state index contributed by atoms with van der Waals surface area (Å²) in [5.41, 5.74) is 0. The number of esters is 1. The molecule has 0 rings (SSSR count). The first-order valence-corrected chi connectivity index (χ1v) is 4.17. The smallest absolute Gasteiger partial charge is 0.409 e. The monoisotopic (exact) mass is 205 g/mol. The van der Waals surface area contributed by atoms with E-state index in [4.69, 9.17) is 5.11 Å². The van der Waals surface area contributed by atoms with Gasteiger partial charge in [-0.3, -0.25) is 4.79 Å². The highest BCUT2D eigenvalue weighted by Gasteiger charge is 2.11. The predicted octanol–water partition coefficient (Wildman–Crippen LogP) is -0.390. The molecule has 0 saturated carbocycles. The van der Waals surface area contributed by atoms with Crippen LogP contribution < -0.4 is 0 Å². The number of nitrogens with zero attached hydrogens (tertiary/aromatic N) is 1. The van der Waals surface area contributed by atoms with Gasteiger partial charge < -0.3 is 19.5 Å². The lowest BCUT2D eigenvalue weighted by Crippen LogP contribution is -2.30. The molecule has 6 heteroatoms. The highest BCUT2D eigenvalue weighted by Crippen LogP contribution is 1.93. The first-order valence-electron chi connectivity index (χ1n) is 4.17. The molecular weight excluding hydrogens is 190 g/mol. The predicted molar refractivity (Wildman–Crippen MR) is 47.7 cm³/mol. The minimum atomic E-state index is -0.567. The van der Waals surface area contributed by atoms with Crippen molar-refractivity contribution < 1.29 is 24.2 Å². The van der Waals surface area contributed by atoms with Crippen molar-refractivity contribution in [2.75, 3.05) is 33.9 Å². The van der Waals surface area contributed by atoms with Crippen molar-refractivity contribution in [2.45, 2.75) is 6.42 Å². The largest absolute Gasteiger partial charge is 0.469 e. The van der Waals surface area contributed by atoms with Crippen molar-refractivity contribution in [3.63, 3.8) is 0 Å². The van der Waals surface area contributed by atoms with Gasteiger partial charge in [-0.1, -0.05) is 0 Å². The van der Waals surface area contributed by atoms with Crippen molar-refractivity contribution in [1.82, 2.24) is 4.90 Å². The van der Waals surface area contributed by atoms with Gasteiger partial charge in [0.2, 0.25) is 0 Å². The molecule has 0 aromatic carbocycles. The molecule has 0 heterocycles. The molecule has 0 aromatic heterocycles. The van der Waals surface area contributed by atoms with Gasteiger partial charge in [-0.05, 0) is 0 Å². The van der Waals surface area contributed by atoms with Crippen LogP contribution in [-0.2, 0) is 14.3 Å². The molecule has 0 fully saturated rings. The molecule has 1 amide bonds. The second kappa shape index (κ2) is 7.14. The Bertz CT molecular complexity index is 194. The molecule has 0 aromatic rings. The molecule has 1 N–H and O–H groups in total. The third-order valence-electron chi connectivity index (χ3n) is 1.51. The Hall–Kier alpha value is -1.30. The maximum atomic E-state index is 11.0. The van der Waals surface area contributed by atoms with Gasteiger partial charge in [0.05, 0.1) is 20.1 Å². The number of ether oxygens (including phenoxy) is 2. The third-order valence-corrected chi connectivity index (χ3v) is 1.51. The number of hydrogen-bond donors (Lipinski definition) is 1. The summed E-state index contributed by atoms with van der Waals surface area (Å²) in [6, 6.07) is 0. The zero-order valence-corrected chi connectivity index (χ0v) is 8.36. The van der Waals surface area contributed by atoms with Crippen LogP contribution in [0.25, 0.3) is 0 Å². The Kier molecular flexibility index (Phi) is 6.47. The second-order valence-electron chi connectivity index (χ2n) is 2.59. The van der Waals surface area contributed by atoms with E-state index in [-0.39, 0.29) is 32.1 Å². The van der Waals surface area contributed by atoms with Gasteiger partial charge >= 0.3 is 12.1 Å². The quantitative estimate of drug-likeness (QED) is 0.618. The van der Waals surface area contributed by atoms with Gasteiger partial charge in [-0.15, -0.1) is 0 Å². The van der Waals surface area contributed by atoms with Crippen LogP contribution in [0.5, 0.6) is 0 Å². The molecule has 0 bridgehead atoms. The number of rotatable bonds is 5. The maximum absolute atomic E-state index is 11.0. The van der Waals surface area contributed by atoms with Crippen LogP contribution in [0, 0.1) is 0 Å². The van der Waals surface area contributed by atoms with E-state index < -0.39 is 6.09 Å². The second-order valence-corrected chi connectivity index (χ2v) is 2.59. The van der Waals surface area contributed by atoms with Crippen LogP contribution >= 0.6 is 0 Å². The Morgan fingerprint density at radius 2 is 2.07 bits per heavy atom. The van der Waals surface area contributed by atoms with Gasteiger partial charge in [0, 0.05) is 13.6 Å². The summed E-state index contributed by atoms with van der Waals surface area (Å²) in [5, 5.41) is 8.38. The van der Waals surface area contributed by atoms with Crippen LogP contribution in [0.1, 0.15) is 6.42 Å². The summed E-state index contributed by atoms with van der Waals surface area (Å²) < 4.78 is 9.01. The molecule has 0 radical (unpaired) electrons.